The van der Waals surface area contributed by atoms with Crippen molar-refractivity contribution in [2.45, 2.75) is 79.3 Å². The molecule has 0 unspecified atom stereocenters. The average molecular weight is 241 g/mol. The van der Waals surface area contributed by atoms with Crippen LogP contribution in [0.1, 0.15) is 67.7 Å². The van der Waals surface area contributed by atoms with Crippen LogP contribution >= 0.6 is 0 Å². The molecule has 0 aliphatic rings. The maximum atomic E-state index is 12.5. The van der Waals surface area contributed by atoms with Crippen molar-refractivity contribution in [1.82, 2.24) is 4.90 Å². The van der Waals surface area contributed by atoms with E-state index < -0.39 is 0 Å². The number of likely N-dealkylation sites (N-methyl/N-ethyl adjacent to an activating group) is 1. The third-order valence-corrected chi connectivity index (χ3v) is 3.40. The highest BCUT2D eigenvalue weighted by Crippen LogP contribution is 2.26. The molecule has 0 fully saturated rings. The lowest BCUT2D eigenvalue weighted by atomic mass is 9.83. The summed E-state index contributed by atoms with van der Waals surface area (Å²) in [5, 5.41) is 0. The summed E-state index contributed by atoms with van der Waals surface area (Å²) < 4.78 is 0. The minimum absolute atomic E-state index is 0.0410. The molecule has 0 spiro atoms. The number of ketones is 1. The average Bonchev–Trinajstić information content (AvgIpc) is 2.14. The zero-order valence-electron chi connectivity index (χ0n) is 13.1. The monoisotopic (exact) mass is 241 g/mol. The number of nitrogens with zero attached hydrogens (tertiary/aromatic N) is 1. The molecule has 0 rings (SSSR count). The first-order valence-electron chi connectivity index (χ1n) is 6.79. The molecule has 0 aliphatic carbocycles. The summed E-state index contributed by atoms with van der Waals surface area (Å²) >= 11 is 0. The Labute approximate surface area is 108 Å². The Kier molecular flexibility index (Phi) is 5.86. The van der Waals surface area contributed by atoms with Gasteiger partial charge in [0.1, 0.15) is 0 Å². The van der Waals surface area contributed by atoms with Crippen LogP contribution in [0.2, 0.25) is 0 Å². The molecule has 2 nitrogen and oxygen atoms in total. The zero-order chi connectivity index (χ0) is 13.9. The molecule has 0 aromatic carbocycles. The third kappa shape index (κ3) is 5.20. The lowest BCUT2D eigenvalue weighted by Crippen LogP contribution is -2.51. The summed E-state index contributed by atoms with van der Waals surface area (Å²) in [6.07, 6.45) is 3.24. The molecule has 0 saturated heterocycles. The van der Waals surface area contributed by atoms with Gasteiger partial charge < -0.3 is 0 Å². The molecular weight excluding hydrogens is 210 g/mol. The van der Waals surface area contributed by atoms with Crippen LogP contribution in [-0.2, 0) is 4.79 Å². The largest absolute Gasteiger partial charge is 0.297 e. The smallest absolute Gasteiger partial charge is 0.155 e. The van der Waals surface area contributed by atoms with Crippen molar-refractivity contribution in [3.05, 3.63) is 0 Å². The van der Waals surface area contributed by atoms with Gasteiger partial charge in [-0.3, -0.25) is 9.69 Å². The lowest BCUT2D eigenvalue weighted by Gasteiger charge is -2.40. The van der Waals surface area contributed by atoms with Crippen molar-refractivity contribution < 1.29 is 4.79 Å². The fraction of sp³-hybridized carbons (Fsp3) is 0.933. The first-order valence-corrected chi connectivity index (χ1v) is 6.79. The Hall–Kier alpha value is -0.370. The van der Waals surface area contributed by atoms with E-state index in [0.717, 1.165) is 19.3 Å². The van der Waals surface area contributed by atoms with Crippen LogP contribution in [-0.4, -0.2) is 29.3 Å². The van der Waals surface area contributed by atoms with Gasteiger partial charge in [-0.2, -0.15) is 0 Å². The van der Waals surface area contributed by atoms with Crippen LogP contribution in [0.15, 0.2) is 0 Å². The normalized spacial score (nSPS) is 15.1. The fourth-order valence-electron chi connectivity index (χ4n) is 1.87. The minimum atomic E-state index is -0.252. The van der Waals surface area contributed by atoms with Crippen LogP contribution in [0.5, 0.6) is 0 Å². The molecule has 0 N–H and O–H groups in total. The van der Waals surface area contributed by atoms with E-state index in [1.165, 1.54) is 0 Å². The van der Waals surface area contributed by atoms with E-state index >= 15 is 0 Å². The number of Topliss-reactive ketones (excluding diaryl/α,β-unsaturated/α-hetero) is 1. The molecule has 1 atom stereocenters. The van der Waals surface area contributed by atoms with Gasteiger partial charge in [0.15, 0.2) is 5.78 Å². The van der Waals surface area contributed by atoms with E-state index in [9.17, 15) is 4.79 Å². The predicted molar refractivity (Wildman–Crippen MR) is 75.3 cm³/mol. The number of hydrogen-bond donors (Lipinski definition) is 0. The van der Waals surface area contributed by atoms with Gasteiger partial charge in [-0.25, -0.2) is 0 Å². The second kappa shape index (κ2) is 5.99. The lowest BCUT2D eigenvalue weighted by molar-refractivity contribution is -0.133. The van der Waals surface area contributed by atoms with Crippen molar-refractivity contribution in [3.8, 4) is 0 Å². The fourth-order valence-corrected chi connectivity index (χ4v) is 1.87. The molecule has 0 aromatic rings. The molecule has 0 bridgehead atoms. The van der Waals surface area contributed by atoms with Gasteiger partial charge in [0.2, 0.25) is 0 Å². The van der Waals surface area contributed by atoms with Crippen LogP contribution < -0.4 is 0 Å². The topological polar surface area (TPSA) is 20.3 Å². The molecule has 0 radical (unpaired) electrons. The van der Waals surface area contributed by atoms with Gasteiger partial charge in [0.25, 0.3) is 0 Å². The summed E-state index contributed by atoms with van der Waals surface area (Å²) in [5.74, 6) is 0.364. The van der Waals surface area contributed by atoms with Crippen LogP contribution in [0.25, 0.3) is 0 Å². The molecule has 0 heterocycles. The Morgan fingerprint density at radius 1 is 1.12 bits per heavy atom. The minimum Gasteiger partial charge on any atom is -0.297 e. The maximum Gasteiger partial charge on any atom is 0.155 e. The molecule has 0 aromatic heterocycles. The molecule has 2 heteroatoms. The summed E-state index contributed by atoms with van der Waals surface area (Å²) in [6, 6.07) is 0.0509. The van der Waals surface area contributed by atoms with Crippen molar-refractivity contribution >= 4 is 5.78 Å². The maximum absolute atomic E-state index is 12.5. The summed E-state index contributed by atoms with van der Waals surface area (Å²) in [6.45, 7) is 14.7. The zero-order valence-corrected chi connectivity index (χ0v) is 13.1. The van der Waals surface area contributed by atoms with E-state index in [0.29, 0.717) is 5.78 Å². The first kappa shape index (κ1) is 16.6. The van der Waals surface area contributed by atoms with Crippen LogP contribution in [0, 0.1) is 5.41 Å². The third-order valence-electron chi connectivity index (χ3n) is 3.40. The Bertz CT molecular complexity index is 245. The SMILES string of the molecule is CCCC[C@H](C(=O)C(C)(C)C)N(C)C(C)(C)C. The van der Waals surface area contributed by atoms with E-state index in [2.05, 4.69) is 39.6 Å². The number of rotatable bonds is 5. The molecule has 0 saturated carbocycles. The summed E-state index contributed by atoms with van der Waals surface area (Å²) in [4.78, 5) is 14.7. The highest BCUT2D eigenvalue weighted by molar-refractivity contribution is 5.88. The van der Waals surface area contributed by atoms with Gasteiger partial charge in [0, 0.05) is 11.0 Å². The van der Waals surface area contributed by atoms with Crippen LogP contribution in [0.3, 0.4) is 0 Å². The van der Waals surface area contributed by atoms with Gasteiger partial charge in [0.05, 0.1) is 6.04 Å². The summed E-state index contributed by atoms with van der Waals surface area (Å²) in [5.41, 5.74) is -0.211. The van der Waals surface area contributed by atoms with Crippen molar-refractivity contribution in [3.63, 3.8) is 0 Å². The number of carbonyl (C=O) groups excluding carboxylic acids is 1. The van der Waals surface area contributed by atoms with E-state index in [-0.39, 0.29) is 17.0 Å². The van der Waals surface area contributed by atoms with Gasteiger partial charge in [-0.05, 0) is 34.2 Å². The molecule has 0 aliphatic heterocycles. The summed E-state index contributed by atoms with van der Waals surface area (Å²) in [7, 11) is 2.07. The van der Waals surface area contributed by atoms with Crippen molar-refractivity contribution in [2.75, 3.05) is 7.05 Å². The molecule has 0 amide bonds. The van der Waals surface area contributed by atoms with E-state index in [1.807, 2.05) is 20.8 Å². The standard InChI is InChI=1S/C15H31NO/c1-9-10-11-12(13(17)14(2,3)4)16(8)15(5,6)7/h12H,9-11H2,1-8H3/t12-/m1/s1. The first-order chi connectivity index (χ1) is 7.51. The highest BCUT2D eigenvalue weighted by Gasteiger charge is 2.35. The van der Waals surface area contributed by atoms with Crippen molar-refractivity contribution in [2.24, 2.45) is 5.41 Å². The Balaban J connectivity index is 4.95. The van der Waals surface area contributed by atoms with Gasteiger partial charge >= 0.3 is 0 Å². The highest BCUT2D eigenvalue weighted by atomic mass is 16.1. The van der Waals surface area contributed by atoms with E-state index in [4.69, 9.17) is 0 Å². The Morgan fingerprint density at radius 3 is 1.88 bits per heavy atom. The second-order valence-corrected chi connectivity index (χ2v) is 7.05. The second-order valence-electron chi connectivity index (χ2n) is 7.05. The van der Waals surface area contributed by atoms with E-state index in [1.54, 1.807) is 0 Å². The molecule has 17 heavy (non-hydrogen) atoms. The molecular formula is C15H31NO. The van der Waals surface area contributed by atoms with Gasteiger partial charge in [-0.15, -0.1) is 0 Å². The predicted octanol–water partition coefficient (Wildman–Crippen LogP) is 3.89. The number of carbonyl (C=O) groups is 1. The number of hydrogen-bond acceptors (Lipinski definition) is 2. The number of unbranched alkanes of at least 4 members (excludes halogenated alkanes) is 1. The quantitative estimate of drug-likeness (QED) is 0.728. The molecule has 102 valence electrons. The van der Waals surface area contributed by atoms with Gasteiger partial charge in [-0.1, -0.05) is 40.5 Å². The van der Waals surface area contributed by atoms with Crippen LogP contribution in [0.4, 0.5) is 0 Å². The van der Waals surface area contributed by atoms with Crippen molar-refractivity contribution in [1.29, 1.82) is 0 Å². The Morgan fingerprint density at radius 2 is 1.59 bits per heavy atom.